The van der Waals surface area contributed by atoms with Crippen LogP contribution in [0, 0.1) is 5.92 Å². The van der Waals surface area contributed by atoms with E-state index in [9.17, 15) is 4.79 Å². The molecule has 1 saturated heterocycles. The summed E-state index contributed by atoms with van der Waals surface area (Å²) in [5.41, 5.74) is 1.82. The molecule has 21 heavy (non-hydrogen) atoms. The highest BCUT2D eigenvalue weighted by atomic mass is 16.5. The van der Waals surface area contributed by atoms with E-state index < -0.39 is 0 Å². The molecule has 0 spiro atoms. The van der Waals surface area contributed by atoms with E-state index in [4.69, 9.17) is 4.74 Å². The molecule has 0 saturated carbocycles. The van der Waals surface area contributed by atoms with E-state index >= 15 is 0 Å². The van der Waals surface area contributed by atoms with Gasteiger partial charge in [-0.25, -0.2) is 4.79 Å². The number of esters is 1. The molecule has 4 nitrogen and oxygen atoms in total. The van der Waals surface area contributed by atoms with Gasteiger partial charge < -0.3 is 10.1 Å². The standard InChI is InChI=1S/C17H26N2O2/c1-3-18-12-14-7-9-19(10-8-14)13-15-5-4-6-16(11-15)17(20)21-2/h4-6,11,14,18H,3,7-10,12-13H2,1-2H3. The number of methoxy groups -OCH3 is 1. The summed E-state index contributed by atoms with van der Waals surface area (Å²) in [4.78, 5) is 14.0. The third kappa shape index (κ3) is 4.83. The minimum Gasteiger partial charge on any atom is -0.465 e. The molecule has 0 atom stereocenters. The molecule has 0 radical (unpaired) electrons. The Morgan fingerprint density at radius 3 is 2.81 bits per heavy atom. The van der Waals surface area contributed by atoms with Crippen LogP contribution in [-0.2, 0) is 11.3 Å². The quantitative estimate of drug-likeness (QED) is 0.816. The van der Waals surface area contributed by atoms with Gasteiger partial charge in [-0.05, 0) is 62.6 Å². The van der Waals surface area contributed by atoms with Crippen molar-refractivity contribution in [2.45, 2.75) is 26.3 Å². The van der Waals surface area contributed by atoms with Crippen LogP contribution in [0.1, 0.15) is 35.7 Å². The molecule has 116 valence electrons. The number of piperidine rings is 1. The zero-order valence-electron chi connectivity index (χ0n) is 13.1. The Morgan fingerprint density at radius 2 is 2.14 bits per heavy atom. The number of nitrogens with one attached hydrogen (secondary N) is 1. The molecule has 0 aromatic heterocycles. The minimum absolute atomic E-state index is 0.263. The number of likely N-dealkylation sites (tertiary alicyclic amines) is 1. The summed E-state index contributed by atoms with van der Waals surface area (Å²) in [6.45, 7) is 7.54. The molecule has 0 aliphatic carbocycles. The summed E-state index contributed by atoms with van der Waals surface area (Å²) in [5, 5.41) is 3.44. The largest absolute Gasteiger partial charge is 0.465 e. The lowest BCUT2D eigenvalue weighted by Crippen LogP contribution is -2.36. The monoisotopic (exact) mass is 290 g/mol. The van der Waals surface area contributed by atoms with Crippen LogP contribution in [0.15, 0.2) is 24.3 Å². The fourth-order valence-electron chi connectivity index (χ4n) is 2.87. The fraction of sp³-hybridized carbons (Fsp3) is 0.588. The van der Waals surface area contributed by atoms with Crippen molar-refractivity contribution in [3.05, 3.63) is 35.4 Å². The summed E-state index contributed by atoms with van der Waals surface area (Å²) in [6, 6.07) is 7.76. The molecule has 4 heteroatoms. The summed E-state index contributed by atoms with van der Waals surface area (Å²) in [5.74, 6) is 0.545. The first-order chi connectivity index (χ1) is 10.2. The predicted octanol–water partition coefficient (Wildman–Crippen LogP) is 2.29. The fourth-order valence-corrected chi connectivity index (χ4v) is 2.87. The molecular weight excluding hydrogens is 264 g/mol. The third-order valence-corrected chi connectivity index (χ3v) is 4.14. The first kappa shape index (κ1) is 16.0. The topological polar surface area (TPSA) is 41.6 Å². The first-order valence-electron chi connectivity index (χ1n) is 7.83. The highest BCUT2D eigenvalue weighted by molar-refractivity contribution is 5.89. The molecule has 1 fully saturated rings. The first-order valence-corrected chi connectivity index (χ1v) is 7.83. The molecule has 1 aromatic rings. The molecule has 2 rings (SSSR count). The molecule has 0 unspecified atom stereocenters. The van der Waals surface area contributed by atoms with Crippen molar-refractivity contribution in [2.24, 2.45) is 5.92 Å². The maximum absolute atomic E-state index is 11.6. The van der Waals surface area contributed by atoms with Crippen LogP contribution in [-0.4, -0.2) is 44.2 Å². The van der Waals surface area contributed by atoms with Crippen LogP contribution in [0.3, 0.4) is 0 Å². The zero-order valence-corrected chi connectivity index (χ0v) is 13.1. The van der Waals surface area contributed by atoms with E-state index in [0.29, 0.717) is 5.56 Å². The van der Waals surface area contributed by atoms with Gasteiger partial charge in [0, 0.05) is 6.54 Å². The second kappa shape index (κ2) is 8.15. The van der Waals surface area contributed by atoms with E-state index in [2.05, 4.69) is 23.2 Å². The van der Waals surface area contributed by atoms with Crippen molar-refractivity contribution in [2.75, 3.05) is 33.3 Å². The van der Waals surface area contributed by atoms with Gasteiger partial charge in [-0.1, -0.05) is 19.1 Å². The second-order valence-corrected chi connectivity index (χ2v) is 5.72. The van der Waals surface area contributed by atoms with Gasteiger partial charge in [-0.3, -0.25) is 4.90 Å². The lowest BCUT2D eigenvalue weighted by molar-refractivity contribution is 0.0600. The lowest BCUT2D eigenvalue weighted by atomic mass is 9.96. The van der Waals surface area contributed by atoms with Crippen LogP contribution in [0.25, 0.3) is 0 Å². The van der Waals surface area contributed by atoms with Crippen molar-refractivity contribution in [1.29, 1.82) is 0 Å². The summed E-state index contributed by atoms with van der Waals surface area (Å²) < 4.78 is 4.77. The van der Waals surface area contributed by atoms with Gasteiger partial charge >= 0.3 is 5.97 Å². The predicted molar refractivity (Wildman–Crippen MR) is 84.3 cm³/mol. The Hall–Kier alpha value is -1.39. The van der Waals surface area contributed by atoms with Gasteiger partial charge in [-0.2, -0.15) is 0 Å². The molecular formula is C17H26N2O2. The van der Waals surface area contributed by atoms with Crippen LogP contribution in [0.2, 0.25) is 0 Å². The Kier molecular flexibility index (Phi) is 6.21. The smallest absolute Gasteiger partial charge is 0.337 e. The van der Waals surface area contributed by atoms with Gasteiger partial charge in [0.1, 0.15) is 0 Å². The Labute approximate surface area is 127 Å². The van der Waals surface area contributed by atoms with Gasteiger partial charge in [0.2, 0.25) is 0 Å². The Morgan fingerprint density at radius 1 is 1.38 bits per heavy atom. The van der Waals surface area contributed by atoms with Gasteiger partial charge in [0.25, 0.3) is 0 Å². The van der Waals surface area contributed by atoms with Crippen LogP contribution >= 0.6 is 0 Å². The summed E-state index contributed by atoms with van der Waals surface area (Å²) in [7, 11) is 1.42. The maximum Gasteiger partial charge on any atom is 0.337 e. The number of carbonyl (C=O) groups is 1. The number of hydrogen-bond acceptors (Lipinski definition) is 4. The van der Waals surface area contributed by atoms with Crippen molar-refractivity contribution >= 4 is 5.97 Å². The van der Waals surface area contributed by atoms with E-state index in [1.807, 2.05) is 12.1 Å². The van der Waals surface area contributed by atoms with Crippen LogP contribution < -0.4 is 5.32 Å². The number of carbonyl (C=O) groups excluding carboxylic acids is 1. The van der Waals surface area contributed by atoms with Crippen molar-refractivity contribution in [3.63, 3.8) is 0 Å². The minimum atomic E-state index is -0.263. The number of hydrogen-bond donors (Lipinski definition) is 1. The average molecular weight is 290 g/mol. The molecule has 1 aliphatic rings. The Bertz CT molecular complexity index is 454. The normalized spacial score (nSPS) is 16.9. The molecule has 1 heterocycles. The number of ether oxygens (including phenoxy) is 1. The second-order valence-electron chi connectivity index (χ2n) is 5.72. The van der Waals surface area contributed by atoms with Crippen molar-refractivity contribution in [3.8, 4) is 0 Å². The lowest BCUT2D eigenvalue weighted by Gasteiger charge is -2.32. The molecule has 1 aromatic carbocycles. The average Bonchev–Trinajstić information content (AvgIpc) is 2.53. The number of benzene rings is 1. The van der Waals surface area contributed by atoms with E-state index in [-0.39, 0.29) is 5.97 Å². The van der Waals surface area contributed by atoms with Crippen LogP contribution in [0.4, 0.5) is 0 Å². The third-order valence-electron chi connectivity index (χ3n) is 4.14. The van der Waals surface area contributed by atoms with E-state index in [1.165, 1.54) is 25.5 Å². The molecule has 1 aliphatic heterocycles. The van der Waals surface area contributed by atoms with Gasteiger partial charge in [0.05, 0.1) is 12.7 Å². The number of nitrogens with zero attached hydrogens (tertiary/aromatic N) is 1. The highest BCUT2D eigenvalue weighted by Crippen LogP contribution is 2.19. The van der Waals surface area contributed by atoms with Gasteiger partial charge in [0.15, 0.2) is 0 Å². The van der Waals surface area contributed by atoms with Gasteiger partial charge in [-0.15, -0.1) is 0 Å². The van der Waals surface area contributed by atoms with Crippen LogP contribution in [0.5, 0.6) is 0 Å². The van der Waals surface area contributed by atoms with Crippen molar-refractivity contribution < 1.29 is 9.53 Å². The maximum atomic E-state index is 11.6. The SMILES string of the molecule is CCNCC1CCN(Cc2cccc(C(=O)OC)c2)CC1. The molecule has 1 N–H and O–H groups in total. The van der Waals surface area contributed by atoms with E-state index in [1.54, 1.807) is 6.07 Å². The highest BCUT2D eigenvalue weighted by Gasteiger charge is 2.19. The van der Waals surface area contributed by atoms with Crippen molar-refractivity contribution in [1.82, 2.24) is 10.2 Å². The number of rotatable bonds is 6. The van der Waals surface area contributed by atoms with E-state index in [0.717, 1.165) is 38.6 Å². The molecule has 0 bridgehead atoms. The zero-order chi connectivity index (χ0) is 15.1. The Balaban J connectivity index is 1.84. The summed E-state index contributed by atoms with van der Waals surface area (Å²) in [6.07, 6.45) is 2.51. The molecule has 0 amide bonds. The summed E-state index contributed by atoms with van der Waals surface area (Å²) >= 11 is 0.